The van der Waals surface area contributed by atoms with E-state index in [0.717, 1.165) is 18.0 Å². The molecule has 4 nitrogen and oxygen atoms in total. The lowest BCUT2D eigenvalue weighted by atomic mass is 10.1. The van der Waals surface area contributed by atoms with Crippen molar-refractivity contribution >= 4 is 12.1 Å². The lowest BCUT2D eigenvalue weighted by molar-refractivity contribution is -0.105. The zero-order valence-corrected chi connectivity index (χ0v) is 10.6. The number of likely N-dealkylation sites (tertiary alicyclic amines) is 1. The molecular weight excluding hydrogens is 228 g/mol. The molecule has 0 unspecified atom stereocenters. The maximum Gasteiger partial charge on any atom is 0.211 e. The number of carbonyl (C=O) groups excluding carboxylic acids is 1. The Balaban J connectivity index is 1.80. The van der Waals surface area contributed by atoms with Gasteiger partial charge in [-0.2, -0.15) is 0 Å². The van der Waals surface area contributed by atoms with Gasteiger partial charge in [-0.25, -0.2) is 0 Å². The Hall–Kier alpha value is -1.55. The highest BCUT2D eigenvalue weighted by atomic mass is 16.5. The van der Waals surface area contributed by atoms with E-state index in [9.17, 15) is 4.79 Å². The number of ether oxygens (including phenoxy) is 1. The van der Waals surface area contributed by atoms with Crippen molar-refractivity contribution in [1.82, 2.24) is 4.90 Å². The summed E-state index contributed by atoms with van der Waals surface area (Å²) in [6.45, 7) is 3.97. The van der Waals surface area contributed by atoms with Gasteiger partial charge in [-0.1, -0.05) is 18.6 Å². The molecular formula is C14H20N2O2. The quantitative estimate of drug-likeness (QED) is 0.784. The molecule has 0 saturated carbocycles. The highest BCUT2D eigenvalue weighted by Crippen LogP contribution is 2.22. The molecule has 0 atom stereocenters. The van der Waals surface area contributed by atoms with E-state index in [1.807, 2.05) is 24.3 Å². The molecule has 1 fully saturated rings. The Labute approximate surface area is 108 Å². The van der Waals surface area contributed by atoms with Crippen LogP contribution in [0.25, 0.3) is 0 Å². The topological polar surface area (TPSA) is 41.6 Å². The second-order valence-corrected chi connectivity index (χ2v) is 4.51. The standard InChI is InChI=1S/C14H20N2O2/c17-12-15-13-6-2-3-7-14(13)18-11-10-16-8-4-1-5-9-16/h2-3,6-7,12H,1,4-5,8-11H2,(H,15,17). The van der Waals surface area contributed by atoms with Gasteiger partial charge in [0.1, 0.15) is 12.4 Å². The summed E-state index contributed by atoms with van der Waals surface area (Å²) in [5, 5.41) is 2.65. The van der Waals surface area contributed by atoms with Crippen molar-refractivity contribution < 1.29 is 9.53 Å². The van der Waals surface area contributed by atoms with Crippen LogP contribution in [0.1, 0.15) is 19.3 Å². The third kappa shape index (κ3) is 3.74. The fourth-order valence-corrected chi connectivity index (χ4v) is 2.24. The molecule has 18 heavy (non-hydrogen) atoms. The predicted octanol–water partition coefficient (Wildman–Crippen LogP) is 2.12. The Morgan fingerprint density at radius 1 is 1.22 bits per heavy atom. The summed E-state index contributed by atoms with van der Waals surface area (Å²) in [7, 11) is 0. The summed E-state index contributed by atoms with van der Waals surface area (Å²) in [6.07, 6.45) is 4.61. The van der Waals surface area contributed by atoms with Gasteiger partial charge in [0, 0.05) is 6.54 Å². The largest absolute Gasteiger partial charge is 0.490 e. The maximum atomic E-state index is 10.5. The monoisotopic (exact) mass is 248 g/mol. The van der Waals surface area contributed by atoms with E-state index in [0.29, 0.717) is 13.0 Å². The molecule has 0 aliphatic carbocycles. The molecule has 4 heteroatoms. The Morgan fingerprint density at radius 2 is 2.00 bits per heavy atom. The van der Waals surface area contributed by atoms with E-state index >= 15 is 0 Å². The molecule has 0 aromatic heterocycles. The Bertz CT molecular complexity index is 376. The Morgan fingerprint density at radius 3 is 2.78 bits per heavy atom. The maximum absolute atomic E-state index is 10.5. The van der Waals surface area contributed by atoms with Crippen LogP contribution in [-0.4, -0.2) is 37.6 Å². The van der Waals surface area contributed by atoms with Gasteiger partial charge >= 0.3 is 0 Å². The number of hydrogen-bond acceptors (Lipinski definition) is 3. The highest BCUT2D eigenvalue weighted by molar-refractivity contribution is 5.75. The van der Waals surface area contributed by atoms with Gasteiger partial charge < -0.3 is 10.1 Å². The van der Waals surface area contributed by atoms with E-state index < -0.39 is 0 Å². The average Bonchev–Trinajstić information content (AvgIpc) is 2.42. The number of benzene rings is 1. The van der Waals surface area contributed by atoms with E-state index in [-0.39, 0.29) is 0 Å². The molecule has 1 heterocycles. The third-order valence-corrected chi connectivity index (χ3v) is 3.22. The summed E-state index contributed by atoms with van der Waals surface area (Å²) in [4.78, 5) is 12.9. The predicted molar refractivity (Wildman–Crippen MR) is 71.9 cm³/mol. The number of para-hydroxylation sites is 2. The molecule has 1 aliphatic heterocycles. The number of nitrogens with zero attached hydrogens (tertiary/aromatic N) is 1. The van der Waals surface area contributed by atoms with Crippen molar-refractivity contribution in [2.24, 2.45) is 0 Å². The van der Waals surface area contributed by atoms with E-state index in [4.69, 9.17) is 4.74 Å². The van der Waals surface area contributed by atoms with Crippen LogP contribution in [0.4, 0.5) is 5.69 Å². The van der Waals surface area contributed by atoms with E-state index in [2.05, 4.69) is 10.2 Å². The molecule has 98 valence electrons. The molecule has 1 saturated heterocycles. The first-order valence-electron chi connectivity index (χ1n) is 6.54. The first-order chi connectivity index (χ1) is 8.90. The molecule has 0 radical (unpaired) electrons. The second kappa shape index (κ2) is 7.01. The zero-order valence-electron chi connectivity index (χ0n) is 10.6. The van der Waals surface area contributed by atoms with Crippen molar-refractivity contribution in [2.45, 2.75) is 19.3 Å². The molecule has 1 N–H and O–H groups in total. The summed E-state index contributed by atoms with van der Waals surface area (Å²) >= 11 is 0. The van der Waals surface area contributed by atoms with Gasteiger partial charge in [-0.15, -0.1) is 0 Å². The second-order valence-electron chi connectivity index (χ2n) is 4.51. The minimum Gasteiger partial charge on any atom is -0.490 e. The normalized spacial score (nSPS) is 16.2. The fourth-order valence-electron chi connectivity index (χ4n) is 2.24. The fraction of sp³-hybridized carbons (Fsp3) is 0.500. The van der Waals surface area contributed by atoms with Gasteiger partial charge in [0.05, 0.1) is 5.69 Å². The lowest BCUT2D eigenvalue weighted by Gasteiger charge is -2.26. The van der Waals surface area contributed by atoms with Crippen LogP contribution in [0.15, 0.2) is 24.3 Å². The number of anilines is 1. The summed E-state index contributed by atoms with van der Waals surface area (Å²) in [6, 6.07) is 7.50. The SMILES string of the molecule is O=CNc1ccccc1OCCN1CCCCC1. The summed E-state index contributed by atoms with van der Waals surface area (Å²) < 4.78 is 5.73. The smallest absolute Gasteiger partial charge is 0.211 e. The molecule has 0 spiro atoms. The summed E-state index contributed by atoms with van der Waals surface area (Å²) in [5.74, 6) is 0.738. The van der Waals surface area contributed by atoms with Crippen molar-refractivity contribution in [3.8, 4) is 5.75 Å². The lowest BCUT2D eigenvalue weighted by Crippen LogP contribution is -2.33. The minimum absolute atomic E-state index is 0.664. The van der Waals surface area contributed by atoms with Crippen LogP contribution in [0.3, 0.4) is 0 Å². The first kappa shape index (κ1) is 12.9. The van der Waals surface area contributed by atoms with Gasteiger partial charge in [0.2, 0.25) is 6.41 Å². The Kier molecular flexibility index (Phi) is 5.02. The number of amides is 1. The van der Waals surface area contributed by atoms with Crippen LogP contribution in [-0.2, 0) is 4.79 Å². The van der Waals surface area contributed by atoms with Crippen LogP contribution in [0.5, 0.6) is 5.75 Å². The third-order valence-electron chi connectivity index (χ3n) is 3.22. The average molecular weight is 248 g/mol. The van der Waals surface area contributed by atoms with Crippen LogP contribution < -0.4 is 10.1 Å². The molecule has 1 aliphatic rings. The summed E-state index contributed by atoms with van der Waals surface area (Å²) in [5.41, 5.74) is 0.728. The zero-order chi connectivity index (χ0) is 12.6. The number of rotatable bonds is 6. The molecule has 1 aromatic rings. The van der Waals surface area contributed by atoms with Crippen molar-refractivity contribution in [2.75, 3.05) is 31.6 Å². The van der Waals surface area contributed by atoms with Gasteiger partial charge in [-0.3, -0.25) is 9.69 Å². The van der Waals surface area contributed by atoms with Crippen LogP contribution in [0, 0.1) is 0 Å². The van der Waals surface area contributed by atoms with Gasteiger partial charge in [0.25, 0.3) is 0 Å². The van der Waals surface area contributed by atoms with Gasteiger partial charge in [-0.05, 0) is 38.1 Å². The van der Waals surface area contributed by atoms with Crippen LogP contribution >= 0.6 is 0 Å². The van der Waals surface area contributed by atoms with E-state index in [1.165, 1.54) is 32.4 Å². The molecule has 1 aromatic carbocycles. The number of nitrogens with one attached hydrogen (secondary N) is 1. The number of piperidine rings is 1. The molecule has 2 rings (SSSR count). The minimum atomic E-state index is 0.664. The molecule has 1 amide bonds. The van der Waals surface area contributed by atoms with Crippen molar-refractivity contribution in [1.29, 1.82) is 0 Å². The van der Waals surface area contributed by atoms with Gasteiger partial charge in [0.15, 0.2) is 0 Å². The van der Waals surface area contributed by atoms with E-state index in [1.54, 1.807) is 0 Å². The highest BCUT2D eigenvalue weighted by Gasteiger charge is 2.10. The number of carbonyl (C=O) groups is 1. The first-order valence-corrected chi connectivity index (χ1v) is 6.54. The van der Waals surface area contributed by atoms with Crippen molar-refractivity contribution in [3.63, 3.8) is 0 Å². The van der Waals surface area contributed by atoms with Crippen molar-refractivity contribution in [3.05, 3.63) is 24.3 Å². The van der Waals surface area contributed by atoms with Crippen LogP contribution in [0.2, 0.25) is 0 Å². The number of hydrogen-bond donors (Lipinski definition) is 1. The molecule has 0 bridgehead atoms.